The minimum atomic E-state index is 0.567. The second kappa shape index (κ2) is 4.62. The minimum Gasteiger partial charge on any atom is -0.375 e. The number of fused-ring (bicyclic) bond motifs is 1. The van der Waals surface area contributed by atoms with Gasteiger partial charge in [0, 0.05) is 0 Å². The summed E-state index contributed by atoms with van der Waals surface area (Å²) in [5, 5.41) is 1.25. The number of rotatable bonds is 0. The molecule has 1 heterocycles. The fraction of sp³-hybridized carbons (Fsp3) is 0.300. The first kappa shape index (κ1) is 11.3. The van der Waals surface area contributed by atoms with E-state index in [1.165, 1.54) is 11.3 Å². The van der Waals surface area contributed by atoms with Crippen LogP contribution in [-0.4, -0.2) is 4.98 Å². The van der Waals surface area contributed by atoms with Crippen LogP contribution >= 0.6 is 22.9 Å². The molecule has 2 N–H and O–H groups in total. The first-order chi connectivity index (χ1) is 6.66. The van der Waals surface area contributed by atoms with Gasteiger partial charge in [-0.05, 0) is 24.6 Å². The number of hydrogen-bond donors (Lipinski definition) is 1. The summed E-state index contributed by atoms with van der Waals surface area (Å²) in [6.45, 7) is 6.00. The van der Waals surface area contributed by atoms with Crippen LogP contribution in [-0.2, 0) is 0 Å². The lowest BCUT2D eigenvalue weighted by atomic mass is 10.2. The molecule has 2 rings (SSSR count). The van der Waals surface area contributed by atoms with Crippen molar-refractivity contribution in [3.05, 3.63) is 22.7 Å². The second-order valence-electron chi connectivity index (χ2n) is 2.65. The number of nitrogens with two attached hydrogens (primary N) is 1. The summed E-state index contributed by atoms with van der Waals surface area (Å²) in [6.07, 6.45) is 0. The molecule has 76 valence electrons. The standard InChI is InChI=1S/C8H7ClN2S.C2H6/c1-4-2-5(9)7-6(3-4)12-8(10)11-7;1-2/h2-3H,1H3,(H2,10,11);1-2H3. The zero-order chi connectivity index (χ0) is 10.7. The number of hydrogen-bond acceptors (Lipinski definition) is 3. The molecule has 0 spiro atoms. The van der Waals surface area contributed by atoms with Crippen molar-refractivity contribution in [3.8, 4) is 0 Å². The van der Waals surface area contributed by atoms with Crippen molar-refractivity contribution >= 4 is 38.3 Å². The van der Waals surface area contributed by atoms with E-state index >= 15 is 0 Å². The average Bonchev–Trinajstić information content (AvgIpc) is 2.49. The molecule has 0 aliphatic rings. The number of nitrogens with zero attached hydrogens (tertiary/aromatic N) is 1. The van der Waals surface area contributed by atoms with Crippen LogP contribution in [0.1, 0.15) is 19.4 Å². The normalized spacial score (nSPS) is 9.71. The van der Waals surface area contributed by atoms with Gasteiger partial charge in [-0.2, -0.15) is 0 Å². The van der Waals surface area contributed by atoms with E-state index in [0.29, 0.717) is 10.2 Å². The van der Waals surface area contributed by atoms with Crippen LogP contribution in [0.5, 0.6) is 0 Å². The third-order valence-corrected chi connectivity index (χ3v) is 2.73. The smallest absolute Gasteiger partial charge is 0.181 e. The van der Waals surface area contributed by atoms with E-state index in [9.17, 15) is 0 Å². The van der Waals surface area contributed by atoms with Crippen LogP contribution in [0.4, 0.5) is 5.13 Å². The number of nitrogen functional groups attached to an aromatic ring is 1. The highest BCUT2D eigenvalue weighted by atomic mass is 35.5. The SMILES string of the molecule is CC.Cc1cc(Cl)c2nc(N)sc2c1. The van der Waals surface area contributed by atoms with Crippen LogP contribution in [0.15, 0.2) is 12.1 Å². The summed E-state index contributed by atoms with van der Waals surface area (Å²) in [5.41, 5.74) is 7.50. The molecule has 1 aromatic heterocycles. The number of thiazole rings is 1. The minimum absolute atomic E-state index is 0.567. The van der Waals surface area contributed by atoms with Gasteiger partial charge in [0.15, 0.2) is 5.13 Å². The Kier molecular flexibility index (Phi) is 3.72. The molecule has 0 radical (unpaired) electrons. The molecule has 4 heteroatoms. The molecule has 0 bridgehead atoms. The van der Waals surface area contributed by atoms with Crippen molar-refractivity contribution in [3.63, 3.8) is 0 Å². The Morgan fingerprint density at radius 1 is 1.36 bits per heavy atom. The largest absolute Gasteiger partial charge is 0.375 e. The Bertz CT molecular complexity index is 437. The van der Waals surface area contributed by atoms with E-state index in [0.717, 1.165) is 15.8 Å². The van der Waals surface area contributed by atoms with Gasteiger partial charge in [0.25, 0.3) is 0 Å². The summed E-state index contributed by atoms with van der Waals surface area (Å²) in [6, 6.07) is 3.93. The molecule has 0 fully saturated rings. The molecule has 0 saturated carbocycles. The molecule has 0 aliphatic heterocycles. The molecule has 2 aromatic rings. The number of aromatic nitrogens is 1. The summed E-state index contributed by atoms with van der Waals surface area (Å²) >= 11 is 7.43. The molecule has 1 aromatic carbocycles. The Morgan fingerprint density at radius 3 is 2.64 bits per heavy atom. The van der Waals surface area contributed by atoms with Gasteiger partial charge in [0.2, 0.25) is 0 Å². The summed E-state index contributed by atoms with van der Waals surface area (Å²) < 4.78 is 1.05. The van der Waals surface area contributed by atoms with Crippen LogP contribution in [0, 0.1) is 6.92 Å². The molecule has 0 unspecified atom stereocenters. The van der Waals surface area contributed by atoms with E-state index in [1.807, 2.05) is 32.9 Å². The van der Waals surface area contributed by atoms with Crippen molar-refractivity contribution < 1.29 is 0 Å². The quantitative estimate of drug-likeness (QED) is 0.744. The van der Waals surface area contributed by atoms with Gasteiger partial charge in [0.05, 0.1) is 9.72 Å². The van der Waals surface area contributed by atoms with Gasteiger partial charge in [-0.15, -0.1) is 0 Å². The van der Waals surface area contributed by atoms with Crippen LogP contribution in [0.3, 0.4) is 0 Å². The third kappa shape index (κ3) is 2.16. The van der Waals surface area contributed by atoms with Gasteiger partial charge in [0.1, 0.15) is 5.52 Å². The van der Waals surface area contributed by atoms with Crippen LogP contribution in [0.2, 0.25) is 5.02 Å². The van der Waals surface area contributed by atoms with Gasteiger partial charge < -0.3 is 5.73 Å². The molecular formula is C10H13ClN2S. The molecule has 0 saturated heterocycles. The predicted octanol–water partition coefficient (Wildman–Crippen LogP) is 3.87. The molecule has 0 aliphatic carbocycles. The predicted molar refractivity (Wildman–Crippen MR) is 65.1 cm³/mol. The zero-order valence-corrected chi connectivity index (χ0v) is 10.0. The van der Waals surface area contributed by atoms with E-state index in [2.05, 4.69) is 4.98 Å². The number of anilines is 1. The number of aryl methyl sites for hydroxylation is 1. The highest BCUT2D eigenvalue weighted by molar-refractivity contribution is 7.22. The monoisotopic (exact) mass is 228 g/mol. The maximum atomic E-state index is 5.96. The summed E-state index contributed by atoms with van der Waals surface area (Å²) in [7, 11) is 0. The van der Waals surface area contributed by atoms with E-state index < -0.39 is 0 Å². The third-order valence-electron chi connectivity index (χ3n) is 1.61. The molecule has 0 atom stereocenters. The maximum absolute atomic E-state index is 5.96. The fourth-order valence-electron chi connectivity index (χ4n) is 1.13. The maximum Gasteiger partial charge on any atom is 0.181 e. The van der Waals surface area contributed by atoms with Crippen molar-refractivity contribution in [1.29, 1.82) is 0 Å². The van der Waals surface area contributed by atoms with E-state index in [1.54, 1.807) is 0 Å². The molecular weight excluding hydrogens is 216 g/mol. The zero-order valence-electron chi connectivity index (χ0n) is 8.47. The van der Waals surface area contributed by atoms with Crippen LogP contribution in [0.25, 0.3) is 10.2 Å². The number of benzene rings is 1. The van der Waals surface area contributed by atoms with Gasteiger partial charge >= 0.3 is 0 Å². The number of halogens is 1. The highest BCUT2D eigenvalue weighted by Gasteiger charge is 2.05. The van der Waals surface area contributed by atoms with E-state index in [-0.39, 0.29) is 0 Å². The lowest BCUT2D eigenvalue weighted by Gasteiger charge is -1.93. The Hall–Kier alpha value is -0.800. The first-order valence-corrected chi connectivity index (χ1v) is 5.68. The Labute approximate surface area is 92.7 Å². The molecule has 2 nitrogen and oxygen atoms in total. The molecule has 14 heavy (non-hydrogen) atoms. The lowest BCUT2D eigenvalue weighted by Crippen LogP contribution is -1.80. The summed E-state index contributed by atoms with van der Waals surface area (Å²) in [5.74, 6) is 0. The van der Waals surface area contributed by atoms with Crippen molar-refractivity contribution in [2.75, 3.05) is 5.73 Å². The molecule has 0 amide bonds. The van der Waals surface area contributed by atoms with Crippen LogP contribution < -0.4 is 5.73 Å². The van der Waals surface area contributed by atoms with Crippen molar-refractivity contribution in [2.24, 2.45) is 0 Å². The first-order valence-electron chi connectivity index (χ1n) is 4.49. The Morgan fingerprint density at radius 2 is 2.00 bits per heavy atom. The van der Waals surface area contributed by atoms with Gasteiger partial charge in [-0.25, -0.2) is 4.98 Å². The average molecular weight is 229 g/mol. The summed E-state index contributed by atoms with van der Waals surface area (Å²) in [4.78, 5) is 4.12. The Balaban J connectivity index is 0.000000461. The lowest BCUT2D eigenvalue weighted by molar-refractivity contribution is 1.46. The highest BCUT2D eigenvalue weighted by Crippen LogP contribution is 2.30. The second-order valence-corrected chi connectivity index (χ2v) is 4.12. The fourth-order valence-corrected chi connectivity index (χ4v) is 2.37. The van der Waals surface area contributed by atoms with Crippen molar-refractivity contribution in [2.45, 2.75) is 20.8 Å². The van der Waals surface area contributed by atoms with Gasteiger partial charge in [-0.3, -0.25) is 0 Å². The van der Waals surface area contributed by atoms with Gasteiger partial charge in [-0.1, -0.05) is 36.8 Å². The topological polar surface area (TPSA) is 38.9 Å². The van der Waals surface area contributed by atoms with Crippen molar-refractivity contribution in [1.82, 2.24) is 4.98 Å². The van der Waals surface area contributed by atoms with E-state index in [4.69, 9.17) is 17.3 Å².